The van der Waals surface area contributed by atoms with Crippen molar-refractivity contribution in [2.45, 2.75) is 0 Å². The predicted octanol–water partition coefficient (Wildman–Crippen LogP) is 6.05. The van der Waals surface area contributed by atoms with Crippen LogP contribution in [0.25, 0.3) is 6.08 Å². The predicted molar refractivity (Wildman–Crippen MR) is 139 cm³/mol. The van der Waals surface area contributed by atoms with Gasteiger partial charge in [0.05, 0.1) is 27.1 Å². The van der Waals surface area contributed by atoms with Gasteiger partial charge in [-0.1, -0.05) is 36.1 Å². The van der Waals surface area contributed by atoms with E-state index in [1.807, 2.05) is 0 Å². The molecule has 0 saturated carbocycles. The Bertz CT molecular complexity index is 1360. The van der Waals surface area contributed by atoms with E-state index in [2.05, 4.69) is 15.9 Å². The number of esters is 1. The summed E-state index contributed by atoms with van der Waals surface area (Å²) in [4.78, 5) is 38.0. The second-order valence-electron chi connectivity index (χ2n) is 6.70. The van der Waals surface area contributed by atoms with Crippen LogP contribution in [0.4, 0.5) is 11.4 Å². The number of rotatable bonds is 6. The second-order valence-corrected chi connectivity index (χ2v) is 10.2. The van der Waals surface area contributed by atoms with Gasteiger partial charge in [0.1, 0.15) is 4.88 Å². The number of nitro groups is 1. The minimum absolute atomic E-state index is 0.142. The van der Waals surface area contributed by atoms with Gasteiger partial charge in [-0.2, -0.15) is 0 Å². The summed E-state index contributed by atoms with van der Waals surface area (Å²) >= 11 is 11.1. The fourth-order valence-corrected chi connectivity index (χ4v) is 5.49. The van der Waals surface area contributed by atoms with E-state index in [4.69, 9.17) is 21.7 Å². The minimum atomic E-state index is -0.534. The lowest BCUT2D eigenvalue weighted by atomic mass is 10.1. The van der Waals surface area contributed by atoms with Crippen LogP contribution in [0.3, 0.4) is 0 Å². The fraction of sp³-hybridized carbons (Fsp3) is 0.0455. The molecule has 4 rings (SSSR count). The molecular weight excluding hydrogens is 564 g/mol. The maximum Gasteiger partial charge on any atom is 0.353 e. The molecule has 0 bridgehead atoms. The highest BCUT2D eigenvalue weighted by atomic mass is 79.9. The number of thiocarbonyl (C=S) groups is 1. The molecule has 1 aliphatic heterocycles. The van der Waals surface area contributed by atoms with Gasteiger partial charge in [0.2, 0.25) is 0 Å². The van der Waals surface area contributed by atoms with Crippen LogP contribution in [-0.2, 0) is 4.79 Å². The number of ether oxygens (including phenoxy) is 2. The van der Waals surface area contributed by atoms with E-state index in [1.54, 1.807) is 41.8 Å². The molecule has 3 aromatic rings. The Hall–Kier alpha value is -3.06. The summed E-state index contributed by atoms with van der Waals surface area (Å²) in [5.74, 6) is -0.416. The largest absolute Gasteiger partial charge is 0.493 e. The van der Waals surface area contributed by atoms with Gasteiger partial charge in [-0.15, -0.1) is 11.3 Å². The first kappa shape index (κ1) is 24.1. The van der Waals surface area contributed by atoms with Gasteiger partial charge < -0.3 is 9.47 Å². The molecule has 1 aliphatic rings. The molecule has 0 N–H and O–H groups in total. The number of nitrogens with zero attached hydrogens (tertiary/aromatic N) is 2. The maximum atomic E-state index is 13.1. The molecule has 0 aliphatic carbocycles. The summed E-state index contributed by atoms with van der Waals surface area (Å²) < 4.78 is 11.6. The van der Waals surface area contributed by atoms with Crippen LogP contribution in [0.2, 0.25) is 0 Å². The van der Waals surface area contributed by atoms with Crippen molar-refractivity contribution in [2.75, 3.05) is 12.0 Å². The van der Waals surface area contributed by atoms with Crippen LogP contribution < -0.4 is 14.4 Å². The Morgan fingerprint density at radius 2 is 2.03 bits per heavy atom. The van der Waals surface area contributed by atoms with Crippen molar-refractivity contribution >= 4 is 84.9 Å². The van der Waals surface area contributed by atoms with Gasteiger partial charge in [-0.25, -0.2) is 4.79 Å². The molecule has 172 valence electrons. The molecule has 2 heterocycles. The number of carbonyl (C=O) groups is 2. The molecule has 0 radical (unpaired) electrons. The van der Waals surface area contributed by atoms with Crippen molar-refractivity contribution in [1.29, 1.82) is 0 Å². The summed E-state index contributed by atoms with van der Waals surface area (Å²) in [5, 5.41) is 12.9. The minimum Gasteiger partial charge on any atom is -0.493 e. The van der Waals surface area contributed by atoms with E-state index < -0.39 is 16.8 Å². The number of amides is 1. The van der Waals surface area contributed by atoms with Crippen LogP contribution >= 0.6 is 51.2 Å². The first-order chi connectivity index (χ1) is 16.3. The average molecular weight is 577 g/mol. The van der Waals surface area contributed by atoms with Crippen molar-refractivity contribution in [2.24, 2.45) is 0 Å². The average Bonchev–Trinajstić information content (AvgIpc) is 3.44. The van der Waals surface area contributed by atoms with Crippen molar-refractivity contribution in [1.82, 2.24) is 0 Å². The number of non-ortho nitro benzene ring substituents is 1. The SMILES string of the molecule is COc1cc(/C=C2/SC(=S)N(c3cccc([N+](=O)[O-])c3)C2=O)cc(Br)c1OC(=O)c1cccs1. The van der Waals surface area contributed by atoms with E-state index in [9.17, 15) is 19.7 Å². The third kappa shape index (κ3) is 4.89. The van der Waals surface area contributed by atoms with Crippen LogP contribution in [0.5, 0.6) is 11.5 Å². The normalized spacial score (nSPS) is 14.5. The van der Waals surface area contributed by atoms with Crippen LogP contribution in [-0.4, -0.2) is 28.2 Å². The lowest BCUT2D eigenvalue weighted by molar-refractivity contribution is -0.384. The Kier molecular flexibility index (Phi) is 7.12. The number of carbonyl (C=O) groups excluding carboxylic acids is 2. The highest BCUT2D eigenvalue weighted by Gasteiger charge is 2.34. The molecule has 8 nitrogen and oxygen atoms in total. The summed E-state index contributed by atoms with van der Waals surface area (Å²) in [5.41, 5.74) is 0.769. The number of hydrogen-bond donors (Lipinski definition) is 0. The highest BCUT2D eigenvalue weighted by molar-refractivity contribution is 9.10. The van der Waals surface area contributed by atoms with Crippen molar-refractivity contribution in [3.05, 3.63) is 83.8 Å². The Balaban J connectivity index is 1.62. The number of nitro benzene ring substituents is 1. The molecule has 2 aromatic carbocycles. The van der Waals surface area contributed by atoms with Crippen molar-refractivity contribution in [3.63, 3.8) is 0 Å². The molecule has 1 saturated heterocycles. The summed E-state index contributed by atoms with van der Waals surface area (Å²) in [6, 6.07) is 12.4. The molecule has 0 unspecified atom stereocenters. The van der Waals surface area contributed by atoms with Gasteiger partial charge in [-0.3, -0.25) is 19.8 Å². The number of hydrogen-bond acceptors (Lipinski definition) is 9. The first-order valence-electron chi connectivity index (χ1n) is 9.44. The number of benzene rings is 2. The Labute approximate surface area is 215 Å². The van der Waals surface area contributed by atoms with Crippen molar-refractivity contribution in [3.8, 4) is 11.5 Å². The molecule has 0 atom stereocenters. The Morgan fingerprint density at radius 3 is 2.71 bits per heavy atom. The first-order valence-corrected chi connectivity index (χ1v) is 12.3. The summed E-state index contributed by atoms with van der Waals surface area (Å²) in [6.07, 6.45) is 1.62. The van der Waals surface area contributed by atoms with E-state index in [0.717, 1.165) is 11.8 Å². The number of methoxy groups -OCH3 is 1. The molecule has 1 aromatic heterocycles. The van der Waals surface area contributed by atoms with Crippen LogP contribution in [0.15, 0.2) is 63.3 Å². The fourth-order valence-electron chi connectivity index (χ4n) is 3.05. The molecule has 0 spiro atoms. The van der Waals surface area contributed by atoms with Gasteiger partial charge in [0, 0.05) is 12.1 Å². The zero-order valence-electron chi connectivity index (χ0n) is 17.2. The molecule has 1 amide bonds. The van der Waals surface area contributed by atoms with Crippen molar-refractivity contribution < 1.29 is 24.0 Å². The van der Waals surface area contributed by atoms with E-state index in [1.165, 1.54) is 41.5 Å². The van der Waals surface area contributed by atoms with Crippen LogP contribution in [0.1, 0.15) is 15.2 Å². The van der Waals surface area contributed by atoms with E-state index >= 15 is 0 Å². The highest BCUT2D eigenvalue weighted by Crippen LogP contribution is 2.41. The number of halogens is 1. The second kappa shape index (κ2) is 10.1. The topological polar surface area (TPSA) is 99.0 Å². The summed E-state index contributed by atoms with van der Waals surface area (Å²) in [6.45, 7) is 0. The summed E-state index contributed by atoms with van der Waals surface area (Å²) in [7, 11) is 1.44. The monoisotopic (exact) mass is 576 g/mol. The third-order valence-electron chi connectivity index (χ3n) is 4.56. The Morgan fingerprint density at radius 1 is 1.24 bits per heavy atom. The van der Waals surface area contributed by atoms with E-state index in [-0.39, 0.29) is 15.8 Å². The van der Waals surface area contributed by atoms with Gasteiger partial charge in [0.25, 0.3) is 11.6 Å². The zero-order chi connectivity index (χ0) is 24.4. The lowest BCUT2D eigenvalue weighted by Gasteiger charge is -2.14. The number of thioether (sulfide) groups is 1. The van der Waals surface area contributed by atoms with E-state index in [0.29, 0.717) is 31.3 Å². The third-order valence-corrected chi connectivity index (χ3v) is 7.30. The maximum absolute atomic E-state index is 13.1. The molecular formula is C22H13BrN2O6S3. The molecule has 1 fully saturated rings. The quantitative estimate of drug-likeness (QED) is 0.0872. The standard InChI is InChI=1S/C22H13BrN2O6S3/c1-30-16-9-12(8-15(23)19(16)31-21(27)17-6-3-7-33-17)10-18-20(26)24(22(32)34-18)13-4-2-5-14(11-13)25(28)29/h2-11H,1H3/b18-10+. The van der Waals surface area contributed by atoms with Gasteiger partial charge in [-0.05, 0) is 57.2 Å². The number of anilines is 1. The zero-order valence-corrected chi connectivity index (χ0v) is 21.3. The lowest BCUT2D eigenvalue weighted by Crippen LogP contribution is -2.27. The molecule has 12 heteroatoms. The van der Waals surface area contributed by atoms with Crippen LogP contribution in [0, 0.1) is 10.1 Å². The molecule has 34 heavy (non-hydrogen) atoms. The smallest absolute Gasteiger partial charge is 0.353 e. The van der Waals surface area contributed by atoms with Gasteiger partial charge in [0.15, 0.2) is 15.8 Å². The number of thiophene rings is 1. The van der Waals surface area contributed by atoms with Gasteiger partial charge >= 0.3 is 5.97 Å².